The molecule has 1 unspecified atom stereocenters. The Kier molecular flexibility index (Phi) is 3.58. The zero-order valence-corrected chi connectivity index (χ0v) is 10.3. The highest BCUT2D eigenvalue weighted by atomic mass is 19.4. The quantitative estimate of drug-likeness (QED) is 0.924. The van der Waals surface area contributed by atoms with Crippen LogP contribution in [0.1, 0.15) is 34.6 Å². The van der Waals surface area contributed by atoms with Crippen molar-refractivity contribution in [1.82, 2.24) is 4.57 Å². The summed E-state index contributed by atoms with van der Waals surface area (Å²) in [6.45, 7) is 1.80. The molecule has 2 rings (SSSR count). The predicted molar refractivity (Wildman–Crippen MR) is 60.1 cm³/mol. The van der Waals surface area contributed by atoms with Crippen molar-refractivity contribution in [2.45, 2.75) is 38.6 Å². The van der Waals surface area contributed by atoms with Gasteiger partial charge in [0.1, 0.15) is 11.4 Å². The summed E-state index contributed by atoms with van der Waals surface area (Å²) in [5.74, 6) is -1.36. The van der Waals surface area contributed by atoms with Gasteiger partial charge in [0.05, 0.1) is 6.10 Å². The van der Waals surface area contributed by atoms with Gasteiger partial charge in [-0.3, -0.25) is 0 Å². The fourth-order valence-electron chi connectivity index (χ4n) is 2.39. The van der Waals surface area contributed by atoms with Crippen LogP contribution in [0.5, 0.6) is 0 Å². The molecule has 1 atom stereocenters. The van der Waals surface area contributed by atoms with E-state index in [9.17, 15) is 18.0 Å². The number of rotatable bonds is 3. The van der Waals surface area contributed by atoms with Gasteiger partial charge in [0.15, 0.2) is 0 Å². The molecule has 1 fully saturated rings. The van der Waals surface area contributed by atoms with Crippen molar-refractivity contribution in [3.05, 3.63) is 23.0 Å². The molecule has 1 aliphatic heterocycles. The molecule has 0 aromatic carbocycles. The Morgan fingerprint density at radius 1 is 1.58 bits per heavy atom. The molecule has 0 amide bonds. The van der Waals surface area contributed by atoms with Crippen LogP contribution in [0.25, 0.3) is 0 Å². The largest absolute Gasteiger partial charge is 0.477 e. The highest BCUT2D eigenvalue weighted by molar-refractivity contribution is 5.88. The number of carboxylic acids is 1. The van der Waals surface area contributed by atoms with Crippen molar-refractivity contribution in [2.75, 3.05) is 6.61 Å². The third-order valence-electron chi connectivity index (χ3n) is 3.19. The van der Waals surface area contributed by atoms with Crippen molar-refractivity contribution in [1.29, 1.82) is 0 Å². The molecule has 7 heteroatoms. The molecule has 0 spiro atoms. The number of aromatic carboxylic acids is 1. The first-order valence-corrected chi connectivity index (χ1v) is 5.93. The van der Waals surface area contributed by atoms with Crippen LogP contribution in [0.3, 0.4) is 0 Å². The molecule has 1 N–H and O–H groups in total. The third kappa shape index (κ3) is 2.75. The van der Waals surface area contributed by atoms with Crippen LogP contribution < -0.4 is 0 Å². The summed E-state index contributed by atoms with van der Waals surface area (Å²) in [4.78, 5) is 11.1. The van der Waals surface area contributed by atoms with Crippen LogP contribution in [-0.2, 0) is 17.5 Å². The van der Waals surface area contributed by atoms with Gasteiger partial charge in [0, 0.05) is 13.2 Å². The topological polar surface area (TPSA) is 51.5 Å². The molecule has 1 saturated heterocycles. The number of alkyl halides is 3. The number of carbonyl (C=O) groups is 1. The van der Waals surface area contributed by atoms with E-state index < -0.39 is 17.8 Å². The van der Waals surface area contributed by atoms with E-state index in [4.69, 9.17) is 9.84 Å². The van der Waals surface area contributed by atoms with Gasteiger partial charge in [-0.2, -0.15) is 13.2 Å². The van der Waals surface area contributed by atoms with Gasteiger partial charge in [-0.1, -0.05) is 0 Å². The number of halogens is 3. The van der Waals surface area contributed by atoms with E-state index in [-0.39, 0.29) is 23.9 Å². The number of nitrogens with zero attached hydrogens (tertiary/aromatic N) is 1. The van der Waals surface area contributed by atoms with Crippen LogP contribution >= 0.6 is 0 Å². The highest BCUT2D eigenvalue weighted by Crippen LogP contribution is 2.33. The summed E-state index contributed by atoms with van der Waals surface area (Å²) in [7, 11) is 0. The monoisotopic (exact) mass is 277 g/mol. The van der Waals surface area contributed by atoms with Crippen LogP contribution in [0, 0.1) is 6.92 Å². The van der Waals surface area contributed by atoms with Crippen molar-refractivity contribution >= 4 is 5.97 Å². The van der Waals surface area contributed by atoms with Crippen LogP contribution in [-0.4, -0.2) is 28.4 Å². The summed E-state index contributed by atoms with van der Waals surface area (Å²) in [5.41, 5.74) is -1.14. The predicted octanol–water partition coefficient (Wildman–Crippen LogP) is 2.69. The lowest BCUT2D eigenvalue weighted by atomic mass is 10.2. The van der Waals surface area contributed by atoms with Gasteiger partial charge in [0.25, 0.3) is 0 Å². The van der Waals surface area contributed by atoms with Crippen LogP contribution in [0.2, 0.25) is 0 Å². The summed E-state index contributed by atoms with van der Waals surface area (Å²) in [5, 5.41) is 9.07. The number of ether oxygens (including phenoxy) is 1. The van der Waals surface area contributed by atoms with E-state index in [1.165, 1.54) is 6.92 Å². The summed E-state index contributed by atoms with van der Waals surface area (Å²) < 4.78 is 44.9. The normalized spacial score (nSPS) is 19.9. The molecule has 106 valence electrons. The Morgan fingerprint density at radius 3 is 2.74 bits per heavy atom. The number of carboxylic acid groups (broad SMARTS) is 1. The van der Waals surface area contributed by atoms with E-state index in [0.29, 0.717) is 13.0 Å². The Balaban J connectivity index is 2.43. The van der Waals surface area contributed by atoms with Crippen molar-refractivity contribution in [2.24, 2.45) is 0 Å². The molecule has 1 aromatic heterocycles. The van der Waals surface area contributed by atoms with E-state index in [1.807, 2.05) is 0 Å². The number of hydrogen-bond donors (Lipinski definition) is 1. The molecule has 4 nitrogen and oxygen atoms in total. The molecule has 0 saturated carbocycles. The first-order chi connectivity index (χ1) is 8.80. The Hall–Kier alpha value is -1.50. The number of aromatic nitrogens is 1. The van der Waals surface area contributed by atoms with E-state index in [2.05, 4.69) is 0 Å². The summed E-state index contributed by atoms with van der Waals surface area (Å²) in [6, 6.07) is 0.873. The van der Waals surface area contributed by atoms with Gasteiger partial charge >= 0.3 is 12.1 Å². The first-order valence-electron chi connectivity index (χ1n) is 5.93. The smallest absolute Gasteiger partial charge is 0.431 e. The zero-order chi connectivity index (χ0) is 14.2. The molecule has 1 aliphatic rings. The lowest BCUT2D eigenvalue weighted by Gasteiger charge is -2.17. The minimum atomic E-state index is -4.57. The molecule has 2 heterocycles. The maximum absolute atomic E-state index is 12.9. The second-order valence-electron chi connectivity index (χ2n) is 4.61. The third-order valence-corrected chi connectivity index (χ3v) is 3.19. The van der Waals surface area contributed by atoms with Gasteiger partial charge in [0.2, 0.25) is 0 Å². The SMILES string of the molecule is Cc1cc(C(F)(F)F)n(CC2CCCO2)c1C(=O)O. The lowest BCUT2D eigenvalue weighted by Crippen LogP contribution is -2.24. The maximum atomic E-state index is 12.9. The highest BCUT2D eigenvalue weighted by Gasteiger charge is 2.38. The van der Waals surface area contributed by atoms with Gasteiger partial charge in [-0.15, -0.1) is 0 Å². The minimum absolute atomic E-state index is 0.0791. The Bertz CT molecular complexity index is 487. The Labute approximate surface area is 107 Å². The molecular formula is C12H14F3NO3. The second-order valence-corrected chi connectivity index (χ2v) is 4.61. The van der Waals surface area contributed by atoms with E-state index in [1.54, 1.807) is 0 Å². The molecular weight excluding hydrogens is 263 g/mol. The average Bonchev–Trinajstić information content (AvgIpc) is 2.85. The van der Waals surface area contributed by atoms with E-state index >= 15 is 0 Å². The number of aryl methyl sites for hydroxylation is 1. The molecule has 0 aliphatic carbocycles. The molecule has 0 radical (unpaired) electrons. The summed E-state index contributed by atoms with van der Waals surface area (Å²) in [6.07, 6.45) is -3.50. The van der Waals surface area contributed by atoms with Gasteiger partial charge in [-0.25, -0.2) is 4.79 Å². The number of hydrogen-bond acceptors (Lipinski definition) is 2. The van der Waals surface area contributed by atoms with Gasteiger partial charge in [-0.05, 0) is 31.4 Å². The first kappa shape index (κ1) is 13.9. The van der Waals surface area contributed by atoms with Crippen LogP contribution in [0.15, 0.2) is 6.07 Å². The minimum Gasteiger partial charge on any atom is -0.477 e. The second kappa shape index (κ2) is 4.88. The zero-order valence-electron chi connectivity index (χ0n) is 10.3. The van der Waals surface area contributed by atoms with E-state index in [0.717, 1.165) is 17.1 Å². The van der Waals surface area contributed by atoms with Crippen molar-refractivity contribution in [3.8, 4) is 0 Å². The van der Waals surface area contributed by atoms with Crippen molar-refractivity contribution in [3.63, 3.8) is 0 Å². The Morgan fingerprint density at radius 2 is 2.26 bits per heavy atom. The fourth-order valence-corrected chi connectivity index (χ4v) is 2.39. The summed E-state index contributed by atoms with van der Waals surface area (Å²) >= 11 is 0. The maximum Gasteiger partial charge on any atom is 0.431 e. The average molecular weight is 277 g/mol. The molecule has 19 heavy (non-hydrogen) atoms. The molecule has 1 aromatic rings. The van der Waals surface area contributed by atoms with Crippen molar-refractivity contribution < 1.29 is 27.8 Å². The fraction of sp³-hybridized carbons (Fsp3) is 0.583. The lowest BCUT2D eigenvalue weighted by molar-refractivity contribution is -0.144. The molecule has 0 bridgehead atoms. The van der Waals surface area contributed by atoms with Crippen LogP contribution in [0.4, 0.5) is 13.2 Å². The standard InChI is InChI=1S/C12H14F3NO3/c1-7-5-9(12(13,14)15)16(10(7)11(17)18)6-8-3-2-4-19-8/h5,8H,2-4,6H2,1H3,(H,17,18). The van der Waals surface area contributed by atoms with Gasteiger partial charge < -0.3 is 14.4 Å².